The second-order valence-electron chi connectivity index (χ2n) is 5.58. The molecule has 9 heteroatoms. The zero-order valence-electron chi connectivity index (χ0n) is 12.3. The van der Waals surface area contributed by atoms with Gasteiger partial charge in [0.2, 0.25) is 15.9 Å². The largest absolute Gasteiger partial charge is 0.340 e. The van der Waals surface area contributed by atoms with Gasteiger partial charge in [-0.15, -0.1) is 0 Å². The van der Waals surface area contributed by atoms with Crippen LogP contribution in [0.1, 0.15) is 37.4 Å². The van der Waals surface area contributed by atoms with Gasteiger partial charge < -0.3 is 4.52 Å². The van der Waals surface area contributed by atoms with Crippen LogP contribution in [0.15, 0.2) is 27.6 Å². The average molecular weight is 343 g/mol. The van der Waals surface area contributed by atoms with Gasteiger partial charge in [-0.2, -0.15) is 9.71 Å². The van der Waals surface area contributed by atoms with E-state index in [2.05, 4.69) is 14.9 Å². The molecule has 1 aromatic heterocycles. The van der Waals surface area contributed by atoms with Gasteiger partial charge in [0, 0.05) is 6.92 Å². The Hall–Kier alpha value is -1.87. The Bertz CT molecular complexity index is 809. The van der Waals surface area contributed by atoms with Crippen LogP contribution in [0.5, 0.6) is 0 Å². The molecule has 0 radical (unpaired) electrons. The Kier molecular flexibility index (Phi) is 3.93. The number of hydrogen-bond donors (Lipinski definition) is 1. The van der Waals surface area contributed by atoms with Crippen LogP contribution in [0, 0.1) is 18.6 Å². The Morgan fingerprint density at radius 2 is 1.83 bits per heavy atom. The maximum Gasteiger partial charge on any atom is 0.247 e. The Morgan fingerprint density at radius 1 is 1.22 bits per heavy atom. The molecule has 2 aromatic rings. The third-order valence-corrected chi connectivity index (χ3v) is 5.52. The van der Waals surface area contributed by atoms with Crippen LogP contribution in [0.2, 0.25) is 0 Å². The van der Waals surface area contributed by atoms with Crippen LogP contribution in [-0.4, -0.2) is 18.6 Å². The highest BCUT2D eigenvalue weighted by Crippen LogP contribution is 2.39. The first-order valence-corrected chi connectivity index (χ1v) is 8.61. The number of benzene rings is 1. The molecule has 1 aliphatic rings. The van der Waals surface area contributed by atoms with Crippen molar-refractivity contribution in [3.8, 4) is 0 Å². The van der Waals surface area contributed by atoms with Crippen molar-refractivity contribution in [3.63, 3.8) is 0 Å². The van der Waals surface area contributed by atoms with E-state index in [1.165, 1.54) is 0 Å². The Morgan fingerprint density at radius 3 is 2.35 bits per heavy atom. The van der Waals surface area contributed by atoms with Gasteiger partial charge in [0.05, 0.1) is 5.54 Å². The fraction of sp³-hybridized carbons (Fsp3) is 0.429. The topological polar surface area (TPSA) is 85.1 Å². The highest BCUT2D eigenvalue weighted by atomic mass is 32.2. The minimum absolute atomic E-state index is 0.188. The van der Waals surface area contributed by atoms with E-state index in [4.69, 9.17) is 4.52 Å². The lowest BCUT2D eigenvalue weighted by molar-refractivity contribution is 0.337. The zero-order chi connectivity index (χ0) is 16.7. The molecule has 23 heavy (non-hydrogen) atoms. The van der Waals surface area contributed by atoms with Crippen molar-refractivity contribution in [2.75, 3.05) is 0 Å². The zero-order valence-corrected chi connectivity index (χ0v) is 13.2. The van der Waals surface area contributed by atoms with Crippen LogP contribution < -0.4 is 4.72 Å². The molecule has 0 unspecified atom stereocenters. The molecule has 6 nitrogen and oxygen atoms in total. The molecule has 1 aliphatic carbocycles. The number of nitrogens with one attached hydrogen (secondary N) is 1. The molecule has 1 N–H and O–H groups in total. The van der Waals surface area contributed by atoms with E-state index in [1.807, 2.05) is 0 Å². The van der Waals surface area contributed by atoms with Crippen molar-refractivity contribution in [2.24, 2.45) is 0 Å². The number of sulfonamides is 1. The number of aryl methyl sites for hydroxylation is 1. The maximum absolute atomic E-state index is 13.8. The number of halogens is 2. The van der Waals surface area contributed by atoms with Crippen molar-refractivity contribution in [3.05, 3.63) is 41.5 Å². The monoisotopic (exact) mass is 343 g/mol. The average Bonchev–Trinajstić information content (AvgIpc) is 3.08. The fourth-order valence-corrected chi connectivity index (χ4v) is 4.45. The van der Waals surface area contributed by atoms with E-state index in [-0.39, 0.29) is 5.82 Å². The van der Waals surface area contributed by atoms with E-state index in [1.54, 1.807) is 6.92 Å². The summed E-state index contributed by atoms with van der Waals surface area (Å²) in [5.74, 6) is -1.81. The summed E-state index contributed by atoms with van der Waals surface area (Å²) in [7, 11) is -4.42. The number of aromatic nitrogens is 2. The first-order valence-electron chi connectivity index (χ1n) is 7.13. The minimum Gasteiger partial charge on any atom is -0.340 e. The molecule has 0 bridgehead atoms. The van der Waals surface area contributed by atoms with E-state index >= 15 is 0 Å². The van der Waals surface area contributed by atoms with Gasteiger partial charge in [-0.1, -0.05) is 24.1 Å². The third kappa shape index (κ3) is 2.86. The molecule has 3 rings (SSSR count). The normalized spacial score (nSPS) is 17.5. The summed E-state index contributed by atoms with van der Waals surface area (Å²) in [5.41, 5.74) is -1.11. The molecule has 0 atom stereocenters. The quantitative estimate of drug-likeness (QED) is 0.921. The van der Waals surface area contributed by atoms with Crippen LogP contribution in [0.25, 0.3) is 0 Å². The molecule has 124 valence electrons. The minimum atomic E-state index is -4.42. The summed E-state index contributed by atoms with van der Waals surface area (Å²) >= 11 is 0. The lowest BCUT2D eigenvalue weighted by atomic mass is 9.99. The maximum atomic E-state index is 13.8. The molecule has 0 saturated heterocycles. The Labute approximate surface area is 131 Å². The first kappa shape index (κ1) is 16.0. The lowest BCUT2D eigenvalue weighted by Crippen LogP contribution is -2.45. The van der Waals surface area contributed by atoms with E-state index < -0.39 is 32.1 Å². The number of nitrogens with zero attached hydrogens (tertiary/aromatic N) is 2. The molecule has 0 amide bonds. The van der Waals surface area contributed by atoms with Gasteiger partial charge in [-0.3, -0.25) is 0 Å². The molecule has 1 heterocycles. The van der Waals surface area contributed by atoms with Gasteiger partial charge in [0.25, 0.3) is 0 Å². The lowest BCUT2D eigenvalue weighted by Gasteiger charge is -2.26. The summed E-state index contributed by atoms with van der Waals surface area (Å²) in [6.45, 7) is 1.59. The van der Waals surface area contributed by atoms with Crippen LogP contribution >= 0.6 is 0 Å². The predicted molar refractivity (Wildman–Crippen MR) is 75.9 cm³/mol. The second kappa shape index (κ2) is 5.64. The van der Waals surface area contributed by atoms with Gasteiger partial charge in [0.1, 0.15) is 11.6 Å². The van der Waals surface area contributed by atoms with E-state index in [9.17, 15) is 17.2 Å². The summed E-state index contributed by atoms with van der Waals surface area (Å²) in [6, 6.07) is 2.91. The summed E-state index contributed by atoms with van der Waals surface area (Å²) in [5, 5.41) is 3.79. The number of hydrogen-bond acceptors (Lipinski definition) is 5. The van der Waals surface area contributed by atoms with E-state index in [0.717, 1.165) is 31.0 Å². The molecule has 1 aromatic carbocycles. The van der Waals surface area contributed by atoms with Crippen molar-refractivity contribution >= 4 is 10.0 Å². The molecule has 1 fully saturated rings. The summed E-state index contributed by atoms with van der Waals surface area (Å²) < 4.78 is 60.1. The SMILES string of the molecule is Cc1nc(C2(NS(=O)(=O)c3c(F)cccc3F)CCCC2)no1. The van der Waals surface area contributed by atoms with Crippen molar-refractivity contribution in [2.45, 2.75) is 43.0 Å². The second-order valence-corrected chi connectivity index (χ2v) is 7.20. The van der Waals surface area contributed by atoms with Gasteiger partial charge in [-0.05, 0) is 25.0 Å². The first-order chi connectivity index (χ1) is 10.8. The highest BCUT2D eigenvalue weighted by molar-refractivity contribution is 7.89. The summed E-state index contributed by atoms with van der Waals surface area (Å²) in [6.07, 6.45) is 2.36. The highest BCUT2D eigenvalue weighted by Gasteiger charge is 2.44. The van der Waals surface area contributed by atoms with Crippen LogP contribution in [-0.2, 0) is 15.6 Å². The standard InChI is InChI=1S/C14H15F2N3O3S/c1-9-17-13(18-22-9)14(7-2-3-8-14)19-23(20,21)12-10(15)5-4-6-11(12)16/h4-6,19H,2-3,7-8H2,1H3. The molecular weight excluding hydrogens is 328 g/mol. The van der Waals surface area contributed by atoms with E-state index in [0.29, 0.717) is 18.7 Å². The predicted octanol–water partition coefficient (Wildman–Crippen LogP) is 2.40. The summed E-state index contributed by atoms with van der Waals surface area (Å²) in [4.78, 5) is 3.10. The molecule has 1 saturated carbocycles. The molecule has 0 spiro atoms. The van der Waals surface area contributed by atoms with Gasteiger partial charge >= 0.3 is 0 Å². The molecular formula is C14H15F2N3O3S. The number of rotatable bonds is 4. The third-order valence-electron chi connectivity index (χ3n) is 3.93. The van der Waals surface area contributed by atoms with Gasteiger partial charge in [-0.25, -0.2) is 17.2 Å². The van der Waals surface area contributed by atoms with Crippen LogP contribution in [0.3, 0.4) is 0 Å². The van der Waals surface area contributed by atoms with Crippen LogP contribution in [0.4, 0.5) is 8.78 Å². The van der Waals surface area contributed by atoms with Crippen molar-refractivity contribution in [1.29, 1.82) is 0 Å². The van der Waals surface area contributed by atoms with Crippen molar-refractivity contribution in [1.82, 2.24) is 14.9 Å². The Balaban J connectivity index is 2.04. The molecule has 0 aliphatic heterocycles. The van der Waals surface area contributed by atoms with Gasteiger partial charge in [0.15, 0.2) is 10.7 Å². The smallest absolute Gasteiger partial charge is 0.247 e. The van der Waals surface area contributed by atoms with Crippen molar-refractivity contribution < 1.29 is 21.7 Å². The fourth-order valence-electron chi connectivity index (χ4n) is 2.89.